The smallest absolute Gasteiger partial charge is 0.129 e. The van der Waals surface area contributed by atoms with Gasteiger partial charge in [0.05, 0.1) is 22.8 Å². The van der Waals surface area contributed by atoms with Crippen LogP contribution in [0.3, 0.4) is 0 Å². The molecule has 0 amide bonds. The van der Waals surface area contributed by atoms with E-state index in [0.29, 0.717) is 0 Å². The maximum atomic E-state index is 6.16. The second-order valence-electron chi connectivity index (χ2n) is 9.29. The Bertz CT molecular complexity index is 1550. The summed E-state index contributed by atoms with van der Waals surface area (Å²) >= 11 is 0. The van der Waals surface area contributed by atoms with E-state index in [1.54, 1.807) is 0 Å². The van der Waals surface area contributed by atoms with Gasteiger partial charge in [0, 0.05) is 12.2 Å². The topological polar surface area (TPSA) is 37.9 Å². The molecule has 35 heavy (non-hydrogen) atoms. The zero-order chi connectivity index (χ0) is 24.1. The second-order valence-corrected chi connectivity index (χ2v) is 9.29. The zero-order valence-electron chi connectivity index (χ0n) is 20.6. The lowest BCUT2D eigenvalue weighted by molar-refractivity contribution is 0.503. The van der Waals surface area contributed by atoms with Crippen LogP contribution in [0, 0.1) is 0 Å². The van der Waals surface area contributed by atoms with E-state index in [2.05, 4.69) is 76.2 Å². The molecule has 4 heterocycles. The van der Waals surface area contributed by atoms with Crippen LogP contribution < -0.4 is 10.8 Å². The van der Waals surface area contributed by atoms with Gasteiger partial charge < -0.3 is 4.42 Å². The molecule has 3 nitrogen and oxygen atoms in total. The summed E-state index contributed by atoms with van der Waals surface area (Å²) in [7, 11) is 0. The van der Waals surface area contributed by atoms with Crippen molar-refractivity contribution in [2.45, 2.75) is 40.5 Å². The summed E-state index contributed by atoms with van der Waals surface area (Å²) in [4.78, 5) is 10.1. The summed E-state index contributed by atoms with van der Waals surface area (Å²) in [5.74, 6) is 0. The van der Waals surface area contributed by atoms with E-state index < -0.39 is 0 Å². The molecule has 8 bridgehead atoms. The van der Waals surface area contributed by atoms with Gasteiger partial charge in [-0.25, -0.2) is 9.98 Å². The first kappa shape index (κ1) is 21.5. The molecule has 172 valence electrons. The number of fused-ring (bicyclic) bond motifs is 9. The van der Waals surface area contributed by atoms with Crippen LogP contribution in [0.2, 0.25) is 0 Å². The van der Waals surface area contributed by atoms with Crippen molar-refractivity contribution < 1.29 is 4.42 Å². The summed E-state index contributed by atoms with van der Waals surface area (Å²) in [5, 5.41) is 0. The Kier molecular flexibility index (Phi) is 5.14. The van der Waals surface area contributed by atoms with Crippen LogP contribution >= 0.6 is 0 Å². The molecule has 6 rings (SSSR count). The van der Waals surface area contributed by atoms with E-state index >= 15 is 0 Å². The zero-order valence-corrected chi connectivity index (χ0v) is 20.6. The lowest BCUT2D eigenvalue weighted by atomic mass is 10.0. The Morgan fingerprint density at radius 2 is 1.11 bits per heavy atom. The molecule has 0 spiro atoms. The molecule has 1 aromatic rings. The monoisotopic (exact) mass is 456 g/mol. The van der Waals surface area contributed by atoms with Gasteiger partial charge in [-0.05, 0) is 102 Å². The molecule has 1 aromatic heterocycles. The van der Waals surface area contributed by atoms with Crippen molar-refractivity contribution in [2.24, 2.45) is 9.98 Å². The van der Waals surface area contributed by atoms with E-state index in [4.69, 9.17) is 14.4 Å². The third-order valence-corrected chi connectivity index (χ3v) is 7.24. The van der Waals surface area contributed by atoms with E-state index in [0.717, 1.165) is 46.5 Å². The summed E-state index contributed by atoms with van der Waals surface area (Å²) in [6.07, 6.45) is 10.4. The molecule has 3 heteroatoms. The third-order valence-electron chi connectivity index (χ3n) is 7.24. The number of aliphatic imine (C=N–C) groups is 2. The minimum absolute atomic E-state index is 0.804. The standard InChI is InChI=1S/C32H28N2O/c1-5-25-19(3)29-17-23-12-13-24(35-23)18-30-20(4)26(6-2)32(34-30)16-22-14-21(15-31(25)33-29)27-10-8-7-9-11-28(22)27/h7-18H,5-6H2,1-4H3. The number of furan rings is 1. The molecule has 5 aliphatic rings. The van der Waals surface area contributed by atoms with Gasteiger partial charge in [-0.3, -0.25) is 0 Å². The first-order valence-corrected chi connectivity index (χ1v) is 12.4. The van der Waals surface area contributed by atoms with Gasteiger partial charge in [-0.2, -0.15) is 0 Å². The van der Waals surface area contributed by atoms with Crippen molar-refractivity contribution in [1.29, 1.82) is 0 Å². The fourth-order valence-electron chi connectivity index (χ4n) is 5.37. The van der Waals surface area contributed by atoms with Crippen LogP contribution in [0.15, 0.2) is 96.6 Å². The number of hydrogen-bond donors (Lipinski definition) is 0. The molecule has 0 saturated heterocycles. The highest BCUT2D eigenvalue weighted by molar-refractivity contribution is 6.24. The average Bonchev–Trinajstić information content (AvgIpc) is 3.51. The Balaban J connectivity index is 1.69. The van der Waals surface area contributed by atoms with E-state index in [1.807, 2.05) is 24.3 Å². The Labute approximate surface area is 206 Å². The number of allylic oxidation sites excluding steroid dienone is 4. The molecule has 0 N–H and O–H groups in total. The highest BCUT2D eigenvalue weighted by atomic mass is 16.3. The Morgan fingerprint density at radius 1 is 0.629 bits per heavy atom. The minimum Gasteiger partial charge on any atom is -0.457 e. The molecule has 0 atom stereocenters. The van der Waals surface area contributed by atoms with Crippen LogP contribution in [0.1, 0.15) is 51.7 Å². The lowest BCUT2D eigenvalue weighted by Gasteiger charge is -2.03. The summed E-state index contributed by atoms with van der Waals surface area (Å²) in [5.41, 5.74) is 15.4. The number of nitrogens with zero attached hydrogens (tertiary/aromatic N) is 2. The van der Waals surface area contributed by atoms with Crippen molar-refractivity contribution >= 4 is 35.7 Å². The summed E-state index contributed by atoms with van der Waals surface area (Å²) in [6, 6.07) is 17.0. The van der Waals surface area contributed by atoms with Gasteiger partial charge in [-0.15, -0.1) is 0 Å². The Morgan fingerprint density at radius 3 is 1.57 bits per heavy atom. The van der Waals surface area contributed by atoms with Crippen molar-refractivity contribution in [2.75, 3.05) is 0 Å². The van der Waals surface area contributed by atoms with Gasteiger partial charge in [0.2, 0.25) is 0 Å². The molecule has 0 aromatic carbocycles. The fraction of sp³-hybridized carbons (Fsp3) is 0.188. The SMILES string of the molecule is CCC1=C(C)C2=NC1=Cc1cc(c3cccccc1-3)C=C1N=C(C=c3ccc(o3)=C2)C(C)=C1CC. The van der Waals surface area contributed by atoms with Crippen LogP contribution in [-0.2, 0) is 0 Å². The van der Waals surface area contributed by atoms with Gasteiger partial charge in [-0.1, -0.05) is 44.2 Å². The highest BCUT2D eigenvalue weighted by Gasteiger charge is 2.22. The minimum atomic E-state index is 0.804. The lowest BCUT2D eigenvalue weighted by Crippen LogP contribution is -2.06. The molecule has 0 radical (unpaired) electrons. The third kappa shape index (κ3) is 3.59. The molecular weight excluding hydrogens is 428 g/mol. The molecule has 0 unspecified atom stereocenters. The van der Waals surface area contributed by atoms with Crippen LogP contribution in [-0.4, -0.2) is 11.4 Å². The quantitative estimate of drug-likeness (QED) is 0.423. The van der Waals surface area contributed by atoms with Crippen molar-refractivity contribution in [3.05, 3.63) is 104 Å². The second kappa shape index (κ2) is 8.35. The van der Waals surface area contributed by atoms with E-state index in [-0.39, 0.29) is 0 Å². The normalized spacial score (nSPS) is 17.1. The molecule has 0 fully saturated rings. The first-order chi connectivity index (χ1) is 17.1. The van der Waals surface area contributed by atoms with Gasteiger partial charge in [0.25, 0.3) is 0 Å². The van der Waals surface area contributed by atoms with Crippen molar-refractivity contribution in [1.82, 2.24) is 0 Å². The fourth-order valence-corrected chi connectivity index (χ4v) is 5.37. The van der Waals surface area contributed by atoms with E-state index in [9.17, 15) is 0 Å². The predicted molar refractivity (Wildman–Crippen MR) is 147 cm³/mol. The number of hydrogen-bond acceptors (Lipinski definition) is 3. The van der Waals surface area contributed by atoms with Gasteiger partial charge in [0.1, 0.15) is 10.8 Å². The Hall–Kier alpha value is -3.98. The molecular formula is C32H28N2O. The van der Waals surface area contributed by atoms with Gasteiger partial charge in [0.15, 0.2) is 0 Å². The molecule has 3 aliphatic heterocycles. The van der Waals surface area contributed by atoms with E-state index in [1.165, 1.54) is 44.5 Å². The van der Waals surface area contributed by atoms with Crippen LogP contribution in [0.25, 0.3) is 35.4 Å². The van der Waals surface area contributed by atoms with Crippen molar-refractivity contribution in [3.8, 4) is 11.1 Å². The van der Waals surface area contributed by atoms with Crippen LogP contribution in [0.4, 0.5) is 0 Å². The average molecular weight is 457 g/mol. The van der Waals surface area contributed by atoms with Gasteiger partial charge >= 0.3 is 0 Å². The first-order valence-electron chi connectivity index (χ1n) is 12.4. The maximum absolute atomic E-state index is 6.16. The highest BCUT2D eigenvalue weighted by Crippen LogP contribution is 2.39. The summed E-state index contributed by atoms with van der Waals surface area (Å²) < 4.78 is 6.16. The molecule has 0 saturated carbocycles. The molecule has 2 aliphatic carbocycles. The van der Waals surface area contributed by atoms with Crippen molar-refractivity contribution in [3.63, 3.8) is 0 Å². The maximum Gasteiger partial charge on any atom is 0.129 e. The predicted octanol–water partition coefficient (Wildman–Crippen LogP) is 6.70. The summed E-state index contributed by atoms with van der Waals surface area (Å²) in [6.45, 7) is 8.71. The van der Waals surface area contributed by atoms with Crippen LogP contribution in [0.5, 0.6) is 0 Å². The largest absolute Gasteiger partial charge is 0.457 e. The number of rotatable bonds is 2.